The number of nitriles is 1. The van der Waals surface area contributed by atoms with Gasteiger partial charge in [0, 0.05) is 11.4 Å². The van der Waals surface area contributed by atoms with Gasteiger partial charge in [0.05, 0.1) is 22.9 Å². The Kier molecular flexibility index (Phi) is 4.78. The molecule has 2 aromatic rings. The van der Waals surface area contributed by atoms with Crippen LogP contribution in [0.2, 0.25) is 5.15 Å². The lowest BCUT2D eigenvalue weighted by molar-refractivity contribution is 0.543. The Hall–Kier alpha value is -1.68. The third-order valence-corrected chi connectivity index (χ3v) is 4.82. The van der Waals surface area contributed by atoms with Gasteiger partial charge >= 0.3 is 0 Å². The van der Waals surface area contributed by atoms with Crippen molar-refractivity contribution in [2.45, 2.75) is 30.7 Å². The van der Waals surface area contributed by atoms with E-state index in [9.17, 15) is 8.42 Å². The van der Waals surface area contributed by atoms with E-state index in [-0.39, 0.29) is 17.4 Å². The van der Waals surface area contributed by atoms with Gasteiger partial charge in [-0.05, 0) is 36.8 Å². The summed E-state index contributed by atoms with van der Waals surface area (Å²) in [6.45, 7) is 1.83. The molecule has 0 spiro atoms. The van der Waals surface area contributed by atoms with E-state index in [1.807, 2.05) is 13.0 Å². The Morgan fingerprint density at radius 1 is 1.38 bits per heavy atom. The monoisotopic (exact) mass is 323 g/mol. The average Bonchev–Trinajstić information content (AvgIpc) is 2.45. The summed E-state index contributed by atoms with van der Waals surface area (Å²) in [7, 11) is -3.66. The highest BCUT2D eigenvalue weighted by Crippen LogP contribution is 2.20. The second-order valence-corrected chi connectivity index (χ2v) is 6.68. The lowest BCUT2D eigenvalue weighted by Gasteiger charge is -2.14. The first kappa shape index (κ1) is 15.7. The van der Waals surface area contributed by atoms with E-state index in [4.69, 9.17) is 16.9 Å². The number of aromatic nitrogens is 1. The molecular weight excluding hydrogens is 310 g/mol. The molecule has 0 saturated heterocycles. The molecule has 0 aliphatic rings. The largest absolute Gasteiger partial charge is 0.240 e. The van der Waals surface area contributed by atoms with Crippen LogP contribution in [0.4, 0.5) is 0 Å². The minimum Gasteiger partial charge on any atom is -0.236 e. The lowest BCUT2D eigenvalue weighted by Crippen LogP contribution is -2.34. The maximum atomic E-state index is 12.3. The molecule has 0 saturated carbocycles. The Labute approximate surface area is 128 Å². The number of hydrogen-bond donors (Lipinski definition) is 1. The molecule has 1 atom stereocenters. The molecule has 2 rings (SSSR count). The molecule has 1 aromatic heterocycles. The van der Waals surface area contributed by atoms with Crippen molar-refractivity contribution in [1.29, 1.82) is 5.26 Å². The van der Waals surface area contributed by atoms with E-state index in [0.717, 1.165) is 0 Å². The molecule has 1 aromatic carbocycles. The fraction of sp³-hybridized carbons (Fsp3) is 0.286. The number of benzene rings is 1. The molecule has 0 radical (unpaired) electrons. The minimum atomic E-state index is -3.66. The standard InChI is InChI=1S/C14H14ClN3O2S/c1-2-11(7-8-16)18-21(19,20)12-4-5-13-10(9-12)3-6-14(15)17-13/h3-6,9,11,18H,2,7H2,1H3. The van der Waals surface area contributed by atoms with Gasteiger partial charge < -0.3 is 0 Å². The molecule has 110 valence electrons. The number of rotatable bonds is 5. The SMILES string of the molecule is CCC(CC#N)NS(=O)(=O)c1ccc2nc(Cl)ccc2c1. The third kappa shape index (κ3) is 3.70. The molecular formula is C14H14ClN3O2S. The van der Waals surface area contributed by atoms with Crippen LogP contribution in [0.25, 0.3) is 10.9 Å². The van der Waals surface area contributed by atoms with Gasteiger partial charge in [0.2, 0.25) is 10.0 Å². The number of sulfonamides is 1. The molecule has 1 unspecified atom stereocenters. The number of fused-ring (bicyclic) bond motifs is 1. The summed E-state index contributed by atoms with van der Waals surface area (Å²) >= 11 is 5.80. The first-order valence-electron chi connectivity index (χ1n) is 6.42. The van der Waals surface area contributed by atoms with Gasteiger partial charge in [-0.3, -0.25) is 0 Å². The Morgan fingerprint density at radius 2 is 2.14 bits per heavy atom. The highest BCUT2D eigenvalue weighted by molar-refractivity contribution is 7.89. The fourth-order valence-corrected chi connectivity index (χ4v) is 3.42. The second-order valence-electron chi connectivity index (χ2n) is 4.58. The summed E-state index contributed by atoms with van der Waals surface area (Å²) in [6.07, 6.45) is 0.692. The summed E-state index contributed by atoms with van der Waals surface area (Å²) in [5.41, 5.74) is 0.630. The van der Waals surface area contributed by atoms with Crippen LogP contribution in [0.5, 0.6) is 0 Å². The number of pyridine rings is 1. The zero-order chi connectivity index (χ0) is 15.5. The molecule has 0 amide bonds. The number of nitrogens with one attached hydrogen (secondary N) is 1. The number of halogens is 1. The third-order valence-electron chi connectivity index (χ3n) is 3.09. The van der Waals surface area contributed by atoms with Crippen LogP contribution in [0.15, 0.2) is 35.2 Å². The Balaban J connectivity index is 2.36. The topological polar surface area (TPSA) is 82.9 Å². The predicted octanol–water partition coefficient (Wildman–Crippen LogP) is 2.86. The molecule has 21 heavy (non-hydrogen) atoms. The van der Waals surface area contributed by atoms with Crippen molar-refractivity contribution in [2.75, 3.05) is 0 Å². The maximum Gasteiger partial charge on any atom is 0.240 e. The molecule has 0 fully saturated rings. The van der Waals surface area contributed by atoms with Crippen molar-refractivity contribution in [1.82, 2.24) is 9.71 Å². The molecule has 0 aliphatic carbocycles. The van der Waals surface area contributed by atoms with Crippen LogP contribution in [0.1, 0.15) is 19.8 Å². The fourth-order valence-electron chi connectivity index (χ4n) is 1.91. The number of hydrogen-bond acceptors (Lipinski definition) is 4. The first-order valence-corrected chi connectivity index (χ1v) is 8.28. The van der Waals surface area contributed by atoms with Crippen molar-refractivity contribution in [2.24, 2.45) is 0 Å². The Morgan fingerprint density at radius 3 is 2.81 bits per heavy atom. The van der Waals surface area contributed by atoms with Crippen molar-refractivity contribution >= 4 is 32.5 Å². The van der Waals surface area contributed by atoms with Gasteiger partial charge in [0.1, 0.15) is 5.15 Å². The van der Waals surface area contributed by atoms with Gasteiger partial charge in [-0.15, -0.1) is 0 Å². The maximum absolute atomic E-state index is 12.3. The van der Waals surface area contributed by atoms with Crippen LogP contribution >= 0.6 is 11.6 Å². The van der Waals surface area contributed by atoms with Crippen LogP contribution in [0, 0.1) is 11.3 Å². The summed E-state index contributed by atoms with van der Waals surface area (Å²) in [5.74, 6) is 0. The summed E-state index contributed by atoms with van der Waals surface area (Å²) < 4.78 is 27.2. The summed E-state index contributed by atoms with van der Waals surface area (Å²) in [5, 5.41) is 9.74. The van der Waals surface area contributed by atoms with E-state index in [1.165, 1.54) is 6.07 Å². The van der Waals surface area contributed by atoms with E-state index in [1.54, 1.807) is 24.3 Å². The highest BCUT2D eigenvalue weighted by Gasteiger charge is 2.19. The van der Waals surface area contributed by atoms with Gasteiger partial charge in [-0.2, -0.15) is 5.26 Å². The molecule has 1 heterocycles. The van der Waals surface area contributed by atoms with E-state index >= 15 is 0 Å². The highest BCUT2D eigenvalue weighted by atomic mass is 35.5. The van der Waals surface area contributed by atoms with Crippen LogP contribution in [-0.2, 0) is 10.0 Å². The average molecular weight is 324 g/mol. The Bertz CT molecular complexity index is 799. The van der Waals surface area contributed by atoms with Gasteiger partial charge in [0.25, 0.3) is 0 Å². The van der Waals surface area contributed by atoms with Gasteiger partial charge in [-0.1, -0.05) is 18.5 Å². The molecule has 0 aliphatic heterocycles. The van der Waals surface area contributed by atoms with Gasteiger partial charge in [-0.25, -0.2) is 18.1 Å². The van der Waals surface area contributed by atoms with Crippen molar-refractivity contribution in [3.63, 3.8) is 0 Å². The first-order chi connectivity index (χ1) is 9.96. The van der Waals surface area contributed by atoms with Gasteiger partial charge in [0.15, 0.2) is 0 Å². The lowest BCUT2D eigenvalue weighted by atomic mass is 10.2. The van der Waals surface area contributed by atoms with Crippen LogP contribution in [0.3, 0.4) is 0 Å². The van der Waals surface area contributed by atoms with Crippen molar-refractivity contribution < 1.29 is 8.42 Å². The van der Waals surface area contributed by atoms with E-state index in [2.05, 4.69) is 9.71 Å². The zero-order valence-electron chi connectivity index (χ0n) is 11.4. The molecule has 0 bridgehead atoms. The van der Waals surface area contributed by atoms with E-state index < -0.39 is 10.0 Å². The van der Waals surface area contributed by atoms with Crippen molar-refractivity contribution in [3.8, 4) is 6.07 Å². The molecule has 7 heteroatoms. The number of nitrogens with zero attached hydrogens (tertiary/aromatic N) is 2. The van der Waals surface area contributed by atoms with Crippen LogP contribution in [-0.4, -0.2) is 19.4 Å². The minimum absolute atomic E-state index is 0.139. The smallest absolute Gasteiger partial charge is 0.236 e. The normalized spacial score (nSPS) is 13.0. The molecule has 1 N–H and O–H groups in total. The van der Waals surface area contributed by atoms with Crippen molar-refractivity contribution in [3.05, 3.63) is 35.5 Å². The summed E-state index contributed by atoms with van der Waals surface area (Å²) in [4.78, 5) is 4.26. The predicted molar refractivity (Wildman–Crippen MR) is 81.4 cm³/mol. The zero-order valence-corrected chi connectivity index (χ0v) is 12.9. The molecule has 5 nitrogen and oxygen atoms in total. The summed E-state index contributed by atoms with van der Waals surface area (Å²) in [6, 6.07) is 9.55. The second kappa shape index (κ2) is 6.39. The van der Waals surface area contributed by atoms with Crippen LogP contribution < -0.4 is 4.72 Å². The van der Waals surface area contributed by atoms with E-state index in [0.29, 0.717) is 22.5 Å². The quantitative estimate of drug-likeness (QED) is 0.858.